The van der Waals surface area contributed by atoms with E-state index in [2.05, 4.69) is 53.0 Å². The van der Waals surface area contributed by atoms with Crippen LogP contribution in [0.4, 0.5) is 0 Å². The summed E-state index contributed by atoms with van der Waals surface area (Å²) in [6, 6.07) is 6.99. The average molecular weight is 316 g/mol. The first-order valence-corrected chi connectivity index (χ1v) is 8.45. The molecule has 23 heavy (non-hydrogen) atoms. The number of carbonyl (C=O) groups is 1. The van der Waals surface area contributed by atoms with E-state index in [9.17, 15) is 4.79 Å². The van der Waals surface area contributed by atoms with Crippen LogP contribution in [0.1, 0.15) is 36.5 Å². The molecule has 0 atom stereocenters. The smallest absolute Gasteiger partial charge is 0.242 e. The molecule has 1 aliphatic carbocycles. The quantitative estimate of drug-likeness (QED) is 0.530. The van der Waals surface area contributed by atoms with E-state index in [1.165, 1.54) is 16.7 Å². The van der Waals surface area contributed by atoms with Gasteiger partial charge in [-0.15, -0.1) is 0 Å². The molecule has 1 aliphatic rings. The van der Waals surface area contributed by atoms with Gasteiger partial charge in [-0.1, -0.05) is 29.3 Å². The highest BCUT2D eigenvalue weighted by Crippen LogP contribution is 2.18. The van der Waals surface area contributed by atoms with E-state index < -0.39 is 0 Å². The molecule has 1 amide bonds. The van der Waals surface area contributed by atoms with Crippen molar-refractivity contribution in [1.29, 1.82) is 0 Å². The number of nitrogens with one attached hydrogen (secondary N) is 3. The number of guanidine groups is 1. The molecular formula is C18H28N4O. The van der Waals surface area contributed by atoms with Crippen LogP contribution in [0, 0.1) is 13.8 Å². The van der Waals surface area contributed by atoms with Crippen LogP contribution in [0.25, 0.3) is 0 Å². The van der Waals surface area contributed by atoms with Crippen molar-refractivity contribution < 1.29 is 4.79 Å². The number of aryl methyl sites for hydroxylation is 2. The fraction of sp³-hybridized carbons (Fsp3) is 0.556. The Labute approximate surface area is 139 Å². The van der Waals surface area contributed by atoms with E-state index in [-0.39, 0.29) is 12.5 Å². The molecule has 0 aliphatic heterocycles. The minimum absolute atomic E-state index is 0.000915. The summed E-state index contributed by atoms with van der Waals surface area (Å²) in [5.41, 5.74) is 3.90. The molecule has 0 heterocycles. The Balaban J connectivity index is 1.79. The summed E-state index contributed by atoms with van der Waals surface area (Å²) in [6.45, 7) is 8.00. The number of hydrogen-bond acceptors (Lipinski definition) is 2. The van der Waals surface area contributed by atoms with Gasteiger partial charge in [0.05, 0.1) is 0 Å². The topological polar surface area (TPSA) is 65.5 Å². The second kappa shape index (κ2) is 8.56. The average Bonchev–Trinajstić information content (AvgIpc) is 3.27. The van der Waals surface area contributed by atoms with Gasteiger partial charge in [0, 0.05) is 19.1 Å². The third-order valence-corrected chi connectivity index (χ3v) is 3.66. The van der Waals surface area contributed by atoms with Crippen molar-refractivity contribution in [2.24, 2.45) is 4.99 Å². The Hall–Kier alpha value is -2.04. The standard InChI is InChI=1S/C18H28N4O/c1-4-19-18(21-12-17(23)22-16-5-6-16)20-8-7-15-10-13(2)9-14(3)11-15/h9-11,16H,4-8,12H2,1-3H3,(H,22,23)(H2,19,20,21). The van der Waals surface area contributed by atoms with Gasteiger partial charge in [0.1, 0.15) is 6.54 Å². The summed E-state index contributed by atoms with van der Waals surface area (Å²) in [5, 5.41) is 9.41. The van der Waals surface area contributed by atoms with E-state index in [1.807, 2.05) is 6.92 Å². The van der Waals surface area contributed by atoms with Crippen molar-refractivity contribution in [3.8, 4) is 0 Å². The van der Waals surface area contributed by atoms with Crippen molar-refractivity contribution >= 4 is 11.9 Å². The van der Waals surface area contributed by atoms with Crippen molar-refractivity contribution in [1.82, 2.24) is 16.0 Å². The van der Waals surface area contributed by atoms with Gasteiger partial charge in [-0.25, -0.2) is 4.99 Å². The number of aliphatic imine (C=N–C) groups is 1. The number of benzene rings is 1. The van der Waals surface area contributed by atoms with E-state index in [1.54, 1.807) is 0 Å². The number of hydrogen-bond donors (Lipinski definition) is 3. The zero-order valence-corrected chi connectivity index (χ0v) is 14.4. The normalized spacial score (nSPS) is 14.5. The lowest BCUT2D eigenvalue weighted by molar-refractivity contribution is -0.119. The molecule has 0 spiro atoms. The lowest BCUT2D eigenvalue weighted by Gasteiger charge is -2.12. The molecule has 5 heteroatoms. The summed E-state index contributed by atoms with van der Waals surface area (Å²) >= 11 is 0. The fourth-order valence-corrected chi connectivity index (χ4v) is 2.53. The molecule has 0 aromatic heterocycles. The van der Waals surface area contributed by atoms with E-state index in [4.69, 9.17) is 0 Å². The minimum Gasteiger partial charge on any atom is -0.357 e. The molecule has 1 fully saturated rings. The Kier molecular flexibility index (Phi) is 6.44. The first kappa shape index (κ1) is 17.3. The molecule has 1 aromatic rings. The van der Waals surface area contributed by atoms with Crippen LogP contribution in [0.2, 0.25) is 0 Å². The van der Waals surface area contributed by atoms with Gasteiger partial charge in [-0.2, -0.15) is 0 Å². The van der Waals surface area contributed by atoms with Crippen LogP contribution in [-0.2, 0) is 11.2 Å². The van der Waals surface area contributed by atoms with Gasteiger partial charge in [-0.05, 0) is 45.6 Å². The maximum Gasteiger partial charge on any atom is 0.242 e. The molecule has 0 bridgehead atoms. The first-order chi connectivity index (χ1) is 11.1. The van der Waals surface area contributed by atoms with Crippen LogP contribution >= 0.6 is 0 Å². The molecular weight excluding hydrogens is 288 g/mol. The van der Waals surface area contributed by atoms with Crippen LogP contribution in [0.5, 0.6) is 0 Å². The maximum atomic E-state index is 11.7. The predicted octanol–water partition coefficient (Wildman–Crippen LogP) is 1.68. The maximum absolute atomic E-state index is 11.7. The highest BCUT2D eigenvalue weighted by molar-refractivity contribution is 5.85. The summed E-state index contributed by atoms with van der Waals surface area (Å²) in [4.78, 5) is 16.0. The van der Waals surface area contributed by atoms with Crippen molar-refractivity contribution in [3.05, 3.63) is 34.9 Å². The molecule has 3 N–H and O–H groups in total. The summed E-state index contributed by atoms with van der Waals surface area (Å²) < 4.78 is 0. The SMILES string of the molecule is CCNC(=NCC(=O)NC1CC1)NCCc1cc(C)cc(C)c1. The number of carbonyl (C=O) groups excluding carboxylic acids is 1. The Morgan fingerprint density at radius 1 is 1.17 bits per heavy atom. The summed E-state index contributed by atoms with van der Waals surface area (Å²) in [5.74, 6) is 0.696. The number of rotatable bonds is 7. The molecule has 0 unspecified atom stereocenters. The highest BCUT2D eigenvalue weighted by Gasteiger charge is 2.22. The van der Waals surface area contributed by atoms with Gasteiger partial charge in [-0.3, -0.25) is 4.79 Å². The van der Waals surface area contributed by atoms with E-state index in [0.29, 0.717) is 12.0 Å². The molecule has 0 saturated heterocycles. The van der Waals surface area contributed by atoms with Gasteiger partial charge in [0.15, 0.2) is 5.96 Å². The second-order valence-corrected chi connectivity index (χ2v) is 6.21. The predicted molar refractivity (Wildman–Crippen MR) is 94.8 cm³/mol. The zero-order valence-electron chi connectivity index (χ0n) is 14.4. The van der Waals surface area contributed by atoms with Crippen LogP contribution < -0.4 is 16.0 Å². The van der Waals surface area contributed by atoms with Crippen molar-refractivity contribution in [3.63, 3.8) is 0 Å². The van der Waals surface area contributed by atoms with Crippen molar-refractivity contribution in [2.75, 3.05) is 19.6 Å². The van der Waals surface area contributed by atoms with Gasteiger partial charge < -0.3 is 16.0 Å². The Bertz CT molecular complexity index is 544. The highest BCUT2D eigenvalue weighted by atomic mass is 16.2. The van der Waals surface area contributed by atoms with Crippen molar-refractivity contribution in [2.45, 2.75) is 46.1 Å². The molecule has 1 saturated carbocycles. The minimum atomic E-state index is -0.000915. The first-order valence-electron chi connectivity index (χ1n) is 8.45. The molecule has 1 aromatic carbocycles. The van der Waals surface area contributed by atoms with Gasteiger partial charge in [0.2, 0.25) is 5.91 Å². The molecule has 0 radical (unpaired) electrons. The summed E-state index contributed by atoms with van der Waals surface area (Å²) in [7, 11) is 0. The van der Waals surface area contributed by atoms with Crippen LogP contribution in [-0.4, -0.2) is 37.5 Å². The van der Waals surface area contributed by atoms with Gasteiger partial charge >= 0.3 is 0 Å². The number of amides is 1. The molecule has 126 valence electrons. The second-order valence-electron chi connectivity index (χ2n) is 6.21. The van der Waals surface area contributed by atoms with Crippen LogP contribution in [0.15, 0.2) is 23.2 Å². The van der Waals surface area contributed by atoms with E-state index in [0.717, 1.165) is 32.4 Å². The Morgan fingerprint density at radius 3 is 2.48 bits per heavy atom. The largest absolute Gasteiger partial charge is 0.357 e. The van der Waals surface area contributed by atoms with Gasteiger partial charge in [0.25, 0.3) is 0 Å². The molecule has 2 rings (SSSR count). The van der Waals surface area contributed by atoms with E-state index >= 15 is 0 Å². The number of nitrogens with zero attached hydrogens (tertiary/aromatic N) is 1. The fourth-order valence-electron chi connectivity index (χ4n) is 2.53. The third kappa shape index (κ3) is 6.72. The zero-order chi connectivity index (χ0) is 16.7. The third-order valence-electron chi connectivity index (χ3n) is 3.66. The lowest BCUT2D eigenvalue weighted by Crippen LogP contribution is -2.39. The van der Waals surface area contributed by atoms with Crippen LogP contribution in [0.3, 0.4) is 0 Å². The molecule has 5 nitrogen and oxygen atoms in total. The monoisotopic (exact) mass is 316 g/mol. The Morgan fingerprint density at radius 2 is 1.87 bits per heavy atom. The summed E-state index contributed by atoms with van der Waals surface area (Å²) in [6.07, 6.45) is 3.13. The lowest BCUT2D eigenvalue weighted by atomic mass is 10.1.